The zero-order chi connectivity index (χ0) is 11.5. The lowest BCUT2D eigenvalue weighted by molar-refractivity contribution is 0.474. The van der Waals surface area contributed by atoms with Gasteiger partial charge in [-0.1, -0.05) is 0 Å². The molecule has 82 valence electrons. The molecule has 0 atom stereocenters. The monoisotopic (exact) mass is 214 g/mol. The lowest BCUT2D eigenvalue weighted by Crippen LogP contribution is -1.92. The van der Waals surface area contributed by atoms with Crippen LogP contribution in [0.2, 0.25) is 0 Å². The van der Waals surface area contributed by atoms with Crippen molar-refractivity contribution < 1.29 is 4.74 Å². The van der Waals surface area contributed by atoms with Crippen LogP contribution < -0.4 is 10.5 Å². The van der Waals surface area contributed by atoms with Gasteiger partial charge < -0.3 is 10.5 Å². The highest BCUT2D eigenvalue weighted by Gasteiger charge is 2.03. The van der Waals surface area contributed by atoms with Gasteiger partial charge >= 0.3 is 0 Å². The maximum absolute atomic E-state index is 5.80. The Labute approximate surface area is 94.9 Å². The normalized spacial score (nSPS) is 10.1. The summed E-state index contributed by atoms with van der Waals surface area (Å²) in [6, 6.07) is 7.46. The fourth-order valence-corrected chi connectivity index (χ4v) is 1.48. The molecule has 2 aromatic rings. The summed E-state index contributed by atoms with van der Waals surface area (Å²) in [6.07, 6.45) is 3.50. The molecule has 0 aliphatic rings. The second-order valence-electron chi connectivity index (χ2n) is 3.77. The van der Waals surface area contributed by atoms with Crippen molar-refractivity contribution >= 4 is 5.69 Å². The maximum Gasteiger partial charge on any atom is 0.133 e. The summed E-state index contributed by atoms with van der Waals surface area (Å²) in [5.74, 6) is 1.64. The average molecular weight is 214 g/mol. The lowest BCUT2D eigenvalue weighted by atomic mass is 10.2. The second-order valence-corrected chi connectivity index (χ2v) is 3.77. The minimum Gasteiger partial charge on any atom is -0.457 e. The molecule has 1 aromatic carbocycles. The fraction of sp³-hybridized carbons (Fsp3) is 0.154. The van der Waals surface area contributed by atoms with Crippen LogP contribution in [0.5, 0.6) is 11.5 Å². The Morgan fingerprint density at radius 2 is 1.81 bits per heavy atom. The van der Waals surface area contributed by atoms with Crippen LogP contribution in [0, 0.1) is 13.8 Å². The number of aryl methyl sites for hydroxylation is 2. The third-order valence-electron chi connectivity index (χ3n) is 2.39. The number of benzene rings is 1. The molecule has 0 saturated heterocycles. The van der Waals surface area contributed by atoms with E-state index >= 15 is 0 Å². The zero-order valence-corrected chi connectivity index (χ0v) is 9.40. The number of nitrogens with zero attached hydrogens (tertiary/aromatic N) is 1. The predicted octanol–water partition coefficient (Wildman–Crippen LogP) is 3.07. The Bertz CT molecular complexity index is 509. The number of hydrogen-bond acceptors (Lipinski definition) is 3. The molecule has 2 rings (SSSR count). The SMILES string of the molecule is Cc1cnccc1Oc1ccc(N)cc1C. The van der Waals surface area contributed by atoms with Gasteiger partial charge in [-0.3, -0.25) is 4.98 Å². The molecule has 0 fully saturated rings. The smallest absolute Gasteiger partial charge is 0.133 e. The summed E-state index contributed by atoms with van der Waals surface area (Å²) in [5, 5.41) is 0. The molecule has 0 bridgehead atoms. The molecule has 0 saturated carbocycles. The molecule has 3 heteroatoms. The van der Waals surface area contributed by atoms with Gasteiger partial charge in [-0.05, 0) is 43.7 Å². The second kappa shape index (κ2) is 4.23. The van der Waals surface area contributed by atoms with E-state index in [0.717, 1.165) is 28.3 Å². The van der Waals surface area contributed by atoms with Gasteiger partial charge in [-0.15, -0.1) is 0 Å². The number of pyridine rings is 1. The van der Waals surface area contributed by atoms with E-state index in [-0.39, 0.29) is 0 Å². The van der Waals surface area contributed by atoms with Crippen molar-refractivity contribution in [2.45, 2.75) is 13.8 Å². The highest BCUT2D eigenvalue weighted by molar-refractivity contribution is 5.48. The van der Waals surface area contributed by atoms with E-state index in [1.54, 1.807) is 12.4 Å². The number of nitrogens with two attached hydrogens (primary N) is 1. The standard InChI is InChI=1S/C13H14N2O/c1-9-7-11(14)3-4-12(9)16-13-5-6-15-8-10(13)2/h3-8H,14H2,1-2H3. The van der Waals surface area contributed by atoms with E-state index in [2.05, 4.69) is 4.98 Å². The van der Waals surface area contributed by atoms with Gasteiger partial charge in [0.15, 0.2) is 0 Å². The summed E-state index contributed by atoms with van der Waals surface area (Å²) in [5.41, 5.74) is 8.47. The van der Waals surface area contributed by atoms with E-state index in [1.165, 1.54) is 0 Å². The number of aromatic nitrogens is 1. The van der Waals surface area contributed by atoms with Crippen LogP contribution >= 0.6 is 0 Å². The van der Waals surface area contributed by atoms with Gasteiger partial charge in [0.05, 0.1) is 0 Å². The number of ether oxygens (including phenoxy) is 1. The first-order chi connectivity index (χ1) is 7.66. The quantitative estimate of drug-likeness (QED) is 0.781. The Hall–Kier alpha value is -2.03. The fourth-order valence-electron chi connectivity index (χ4n) is 1.48. The van der Waals surface area contributed by atoms with Crippen molar-refractivity contribution in [3.8, 4) is 11.5 Å². The Morgan fingerprint density at radius 3 is 2.50 bits per heavy atom. The van der Waals surface area contributed by atoms with Crippen LogP contribution in [0.15, 0.2) is 36.7 Å². The van der Waals surface area contributed by atoms with Gasteiger partial charge in [0, 0.05) is 23.6 Å². The van der Waals surface area contributed by atoms with Crippen LogP contribution in [0.1, 0.15) is 11.1 Å². The number of anilines is 1. The van der Waals surface area contributed by atoms with Gasteiger partial charge in [0.1, 0.15) is 11.5 Å². The highest BCUT2D eigenvalue weighted by atomic mass is 16.5. The van der Waals surface area contributed by atoms with E-state index < -0.39 is 0 Å². The molecule has 1 aromatic heterocycles. The largest absolute Gasteiger partial charge is 0.457 e. The van der Waals surface area contributed by atoms with E-state index in [1.807, 2.05) is 38.1 Å². The van der Waals surface area contributed by atoms with Crippen molar-refractivity contribution in [2.24, 2.45) is 0 Å². The highest BCUT2D eigenvalue weighted by Crippen LogP contribution is 2.27. The predicted molar refractivity (Wildman–Crippen MR) is 64.6 cm³/mol. The first-order valence-corrected chi connectivity index (χ1v) is 5.11. The van der Waals surface area contributed by atoms with Crippen molar-refractivity contribution in [3.63, 3.8) is 0 Å². The minimum absolute atomic E-state index is 0.747. The molecule has 0 unspecified atom stereocenters. The molecule has 16 heavy (non-hydrogen) atoms. The maximum atomic E-state index is 5.80. The molecule has 0 spiro atoms. The number of nitrogen functional groups attached to an aromatic ring is 1. The number of rotatable bonds is 2. The molecule has 0 amide bonds. The molecular weight excluding hydrogens is 200 g/mol. The molecule has 0 aliphatic carbocycles. The zero-order valence-electron chi connectivity index (χ0n) is 9.40. The van der Waals surface area contributed by atoms with Gasteiger partial charge in [-0.25, -0.2) is 0 Å². The topological polar surface area (TPSA) is 48.1 Å². The van der Waals surface area contributed by atoms with Crippen molar-refractivity contribution in [3.05, 3.63) is 47.8 Å². The first-order valence-electron chi connectivity index (χ1n) is 5.11. The van der Waals surface area contributed by atoms with Crippen molar-refractivity contribution in [2.75, 3.05) is 5.73 Å². The van der Waals surface area contributed by atoms with Crippen molar-refractivity contribution in [1.29, 1.82) is 0 Å². The van der Waals surface area contributed by atoms with Gasteiger partial charge in [-0.2, -0.15) is 0 Å². The molecule has 1 heterocycles. The third kappa shape index (κ3) is 2.14. The molecule has 0 radical (unpaired) electrons. The molecular formula is C13H14N2O. The van der Waals surface area contributed by atoms with Crippen LogP contribution in [0.3, 0.4) is 0 Å². The molecule has 2 N–H and O–H groups in total. The lowest BCUT2D eigenvalue weighted by Gasteiger charge is -2.10. The van der Waals surface area contributed by atoms with E-state index in [0.29, 0.717) is 0 Å². The summed E-state index contributed by atoms with van der Waals surface area (Å²) in [4.78, 5) is 4.02. The van der Waals surface area contributed by atoms with Crippen LogP contribution in [-0.4, -0.2) is 4.98 Å². The average Bonchev–Trinajstić information content (AvgIpc) is 2.25. The van der Waals surface area contributed by atoms with Crippen molar-refractivity contribution in [1.82, 2.24) is 4.98 Å². The van der Waals surface area contributed by atoms with E-state index in [9.17, 15) is 0 Å². The summed E-state index contributed by atoms with van der Waals surface area (Å²) < 4.78 is 5.80. The summed E-state index contributed by atoms with van der Waals surface area (Å²) in [6.45, 7) is 3.94. The van der Waals surface area contributed by atoms with Crippen LogP contribution in [-0.2, 0) is 0 Å². The Kier molecular flexibility index (Phi) is 2.77. The van der Waals surface area contributed by atoms with Crippen LogP contribution in [0.25, 0.3) is 0 Å². The molecule has 0 aliphatic heterocycles. The summed E-state index contributed by atoms with van der Waals surface area (Å²) in [7, 11) is 0. The van der Waals surface area contributed by atoms with Gasteiger partial charge in [0.2, 0.25) is 0 Å². The van der Waals surface area contributed by atoms with Crippen LogP contribution in [0.4, 0.5) is 5.69 Å². The third-order valence-corrected chi connectivity index (χ3v) is 2.39. The number of hydrogen-bond donors (Lipinski definition) is 1. The molecule has 3 nitrogen and oxygen atoms in total. The van der Waals surface area contributed by atoms with Gasteiger partial charge in [0.25, 0.3) is 0 Å². The Balaban J connectivity index is 2.31. The van der Waals surface area contributed by atoms with E-state index in [4.69, 9.17) is 10.5 Å². The Morgan fingerprint density at radius 1 is 1.06 bits per heavy atom. The minimum atomic E-state index is 0.747. The summed E-state index contributed by atoms with van der Waals surface area (Å²) >= 11 is 0. The first kappa shape index (κ1) is 10.5.